The minimum absolute atomic E-state index is 0.606. The standard InChI is InChI=1S/C59H37N5/c1-3-17-39(18-4-1)57-60-58(62-59(61-57)48-26-15-29-54-56(48)47-25-12-14-28-52(47)63(54)45-22-5-2-6-23-45)44-32-33-53(49(36-44)43-31-30-38-16-7-8-19-40(38)34-43)64-51-27-13-11-24-46(51)50-35-41-20-9-10-21-42(41)37-55(50)64/h1-37H. The summed E-state index contributed by atoms with van der Waals surface area (Å²) in [7, 11) is 0. The number of nitrogens with zero attached hydrogens (tertiary/aromatic N) is 5. The van der Waals surface area contributed by atoms with Crippen molar-refractivity contribution in [1.29, 1.82) is 0 Å². The van der Waals surface area contributed by atoms with Gasteiger partial charge in [-0.25, -0.2) is 15.0 Å². The Hall–Kier alpha value is -8.67. The number of hydrogen-bond donors (Lipinski definition) is 0. The van der Waals surface area contributed by atoms with Crippen LogP contribution in [0.2, 0.25) is 0 Å². The first-order chi connectivity index (χ1) is 31.7. The molecule has 0 fully saturated rings. The molecule has 64 heavy (non-hydrogen) atoms. The molecule has 0 amide bonds. The molecule has 5 nitrogen and oxygen atoms in total. The molecule has 0 aliphatic carbocycles. The molecule has 13 aromatic rings. The predicted octanol–water partition coefficient (Wildman–Crippen LogP) is 15.0. The summed E-state index contributed by atoms with van der Waals surface area (Å²) in [6.07, 6.45) is 0. The first-order valence-corrected chi connectivity index (χ1v) is 21.7. The summed E-state index contributed by atoms with van der Waals surface area (Å²) < 4.78 is 4.77. The molecule has 0 saturated carbocycles. The van der Waals surface area contributed by atoms with Gasteiger partial charge in [0, 0.05) is 49.5 Å². The van der Waals surface area contributed by atoms with Crippen LogP contribution >= 0.6 is 0 Å². The second kappa shape index (κ2) is 14.5. The maximum Gasteiger partial charge on any atom is 0.164 e. The van der Waals surface area contributed by atoms with Gasteiger partial charge in [-0.15, -0.1) is 0 Å². The van der Waals surface area contributed by atoms with Crippen molar-refractivity contribution in [1.82, 2.24) is 24.1 Å². The topological polar surface area (TPSA) is 48.5 Å². The van der Waals surface area contributed by atoms with E-state index in [4.69, 9.17) is 15.0 Å². The van der Waals surface area contributed by atoms with Crippen molar-refractivity contribution in [3.63, 3.8) is 0 Å². The second-order valence-electron chi connectivity index (χ2n) is 16.4. The van der Waals surface area contributed by atoms with E-state index in [1.165, 1.54) is 32.3 Å². The Morgan fingerprint density at radius 2 is 0.859 bits per heavy atom. The zero-order chi connectivity index (χ0) is 42.1. The van der Waals surface area contributed by atoms with Crippen LogP contribution in [0.4, 0.5) is 0 Å². The van der Waals surface area contributed by atoms with E-state index in [0.717, 1.165) is 72.0 Å². The number of rotatable bonds is 6. The van der Waals surface area contributed by atoms with E-state index in [2.05, 4.69) is 215 Å². The van der Waals surface area contributed by atoms with Gasteiger partial charge in [-0.2, -0.15) is 0 Å². The third kappa shape index (κ3) is 5.75. The molecule has 3 aromatic heterocycles. The van der Waals surface area contributed by atoms with Crippen LogP contribution in [0.25, 0.3) is 122 Å². The van der Waals surface area contributed by atoms with Gasteiger partial charge in [-0.1, -0.05) is 158 Å². The van der Waals surface area contributed by atoms with Crippen LogP contribution < -0.4 is 0 Å². The Bertz CT molecular complexity index is 3960. The molecular formula is C59H37N5. The summed E-state index contributed by atoms with van der Waals surface area (Å²) in [6.45, 7) is 0. The number of aromatic nitrogens is 5. The quantitative estimate of drug-likeness (QED) is 0.168. The van der Waals surface area contributed by atoms with Gasteiger partial charge in [-0.05, 0) is 93.8 Å². The number of fused-ring (bicyclic) bond motifs is 8. The Morgan fingerprint density at radius 1 is 0.281 bits per heavy atom. The van der Waals surface area contributed by atoms with Crippen LogP contribution in [0, 0.1) is 0 Å². The second-order valence-corrected chi connectivity index (χ2v) is 16.4. The van der Waals surface area contributed by atoms with Crippen molar-refractivity contribution < 1.29 is 0 Å². The molecule has 0 spiro atoms. The lowest BCUT2D eigenvalue weighted by Crippen LogP contribution is -2.02. The molecular weight excluding hydrogens is 779 g/mol. The highest BCUT2D eigenvalue weighted by atomic mass is 15.0. The normalized spacial score (nSPS) is 11.8. The van der Waals surface area contributed by atoms with E-state index in [1.807, 2.05) is 18.2 Å². The molecule has 5 heteroatoms. The number of para-hydroxylation sites is 3. The van der Waals surface area contributed by atoms with Gasteiger partial charge in [0.15, 0.2) is 17.5 Å². The van der Waals surface area contributed by atoms with E-state index in [-0.39, 0.29) is 0 Å². The van der Waals surface area contributed by atoms with Gasteiger partial charge < -0.3 is 9.13 Å². The summed E-state index contributed by atoms with van der Waals surface area (Å²) in [5.41, 5.74) is 11.7. The minimum atomic E-state index is 0.606. The highest BCUT2D eigenvalue weighted by Gasteiger charge is 2.22. The van der Waals surface area contributed by atoms with Crippen molar-refractivity contribution in [2.45, 2.75) is 0 Å². The van der Waals surface area contributed by atoms with Gasteiger partial charge in [0.25, 0.3) is 0 Å². The van der Waals surface area contributed by atoms with Crippen LogP contribution in [0.1, 0.15) is 0 Å². The van der Waals surface area contributed by atoms with E-state index in [1.54, 1.807) is 0 Å². The van der Waals surface area contributed by atoms with Crippen LogP contribution in [0.5, 0.6) is 0 Å². The largest absolute Gasteiger partial charge is 0.309 e. The molecule has 10 aromatic carbocycles. The fourth-order valence-electron chi connectivity index (χ4n) is 9.78. The maximum atomic E-state index is 5.41. The third-order valence-electron chi connectivity index (χ3n) is 12.7. The summed E-state index contributed by atoms with van der Waals surface area (Å²) in [4.78, 5) is 16.0. The zero-order valence-electron chi connectivity index (χ0n) is 34.6. The van der Waals surface area contributed by atoms with E-state index >= 15 is 0 Å². The van der Waals surface area contributed by atoms with Crippen molar-refractivity contribution in [2.24, 2.45) is 0 Å². The van der Waals surface area contributed by atoms with Gasteiger partial charge in [0.2, 0.25) is 0 Å². The average molecular weight is 816 g/mol. The monoisotopic (exact) mass is 815 g/mol. The third-order valence-corrected chi connectivity index (χ3v) is 12.7. The maximum absolute atomic E-state index is 5.41. The fraction of sp³-hybridized carbons (Fsp3) is 0. The molecule has 298 valence electrons. The van der Waals surface area contributed by atoms with Gasteiger partial charge in [0.05, 0.1) is 27.8 Å². The lowest BCUT2D eigenvalue weighted by molar-refractivity contribution is 1.07. The Labute approximate surface area is 368 Å². The Balaban J connectivity index is 1.08. The van der Waals surface area contributed by atoms with Crippen LogP contribution in [-0.2, 0) is 0 Å². The summed E-state index contributed by atoms with van der Waals surface area (Å²) in [5, 5.41) is 9.49. The smallest absolute Gasteiger partial charge is 0.164 e. The Kier molecular flexibility index (Phi) is 8.15. The highest BCUT2D eigenvalue weighted by molar-refractivity contribution is 6.16. The molecule has 0 radical (unpaired) electrons. The highest BCUT2D eigenvalue weighted by Crippen LogP contribution is 2.42. The molecule has 13 rings (SSSR count). The van der Waals surface area contributed by atoms with Crippen LogP contribution in [0.15, 0.2) is 224 Å². The molecule has 0 bridgehead atoms. The molecule has 0 N–H and O–H groups in total. The van der Waals surface area contributed by atoms with E-state index < -0.39 is 0 Å². The summed E-state index contributed by atoms with van der Waals surface area (Å²) >= 11 is 0. The van der Waals surface area contributed by atoms with Crippen molar-refractivity contribution >= 4 is 65.2 Å². The van der Waals surface area contributed by atoms with Crippen molar-refractivity contribution in [3.05, 3.63) is 224 Å². The molecule has 3 heterocycles. The lowest BCUT2D eigenvalue weighted by Gasteiger charge is -2.17. The van der Waals surface area contributed by atoms with Crippen LogP contribution in [0.3, 0.4) is 0 Å². The zero-order valence-corrected chi connectivity index (χ0v) is 34.6. The first kappa shape index (κ1) is 36.0. The SMILES string of the molecule is c1ccc(-c2nc(-c3ccc(-n4c5ccccc5c5cc6ccccc6cc54)c(-c4ccc5ccccc5c4)c3)nc(-c3cccc4c3c3ccccc3n4-c3ccccc3)n2)cc1. The van der Waals surface area contributed by atoms with E-state index in [0.29, 0.717) is 17.5 Å². The molecule has 0 atom stereocenters. The lowest BCUT2D eigenvalue weighted by atomic mass is 9.97. The fourth-order valence-corrected chi connectivity index (χ4v) is 9.78. The van der Waals surface area contributed by atoms with Crippen molar-refractivity contribution in [3.8, 4) is 56.7 Å². The molecule has 0 unspecified atom stereocenters. The average Bonchev–Trinajstić information content (AvgIpc) is 3.88. The molecule has 0 aliphatic rings. The summed E-state index contributed by atoms with van der Waals surface area (Å²) in [6, 6.07) is 79.9. The van der Waals surface area contributed by atoms with Crippen LogP contribution in [-0.4, -0.2) is 24.1 Å². The van der Waals surface area contributed by atoms with Gasteiger partial charge in [0.1, 0.15) is 0 Å². The number of hydrogen-bond acceptors (Lipinski definition) is 3. The predicted molar refractivity (Wildman–Crippen MR) is 265 cm³/mol. The molecule has 0 saturated heterocycles. The van der Waals surface area contributed by atoms with E-state index in [9.17, 15) is 0 Å². The molecule has 0 aliphatic heterocycles. The number of benzene rings is 10. The summed E-state index contributed by atoms with van der Waals surface area (Å²) in [5.74, 6) is 1.85. The van der Waals surface area contributed by atoms with Gasteiger partial charge >= 0.3 is 0 Å². The van der Waals surface area contributed by atoms with Crippen molar-refractivity contribution in [2.75, 3.05) is 0 Å². The minimum Gasteiger partial charge on any atom is -0.309 e. The Morgan fingerprint density at radius 3 is 1.64 bits per heavy atom. The van der Waals surface area contributed by atoms with Gasteiger partial charge in [-0.3, -0.25) is 0 Å². The first-order valence-electron chi connectivity index (χ1n) is 21.7.